The molecule has 1 aromatic carbocycles. The van der Waals surface area contributed by atoms with E-state index in [1.807, 2.05) is 12.1 Å². The summed E-state index contributed by atoms with van der Waals surface area (Å²) in [6.07, 6.45) is 7.19. The molecule has 20 heavy (non-hydrogen) atoms. The van der Waals surface area contributed by atoms with Crippen molar-refractivity contribution >= 4 is 0 Å². The normalized spacial score (nSPS) is 40.0. The van der Waals surface area contributed by atoms with Gasteiger partial charge in [0, 0.05) is 12.1 Å². The van der Waals surface area contributed by atoms with Crippen LogP contribution in [0.4, 0.5) is 4.39 Å². The lowest BCUT2D eigenvalue weighted by Gasteiger charge is -2.34. The number of halogens is 1. The predicted octanol–water partition coefficient (Wildman–Crippen LogP) is 4.30. The summed E-state index contributed by atoms with van der Waals surface area (Å²) in [7, 11) is 0. The van der Waals surface area contributed by atoms with Crippen molar-refractivity contribution in [1.29, 1.82) is 0 Å². The van der Waals surface area contributed by atoms with Crippen molar-refractivity contribution in [3.8, 4) is 0 Å². The van der Waals surface area contributed by atoms with Crippen molar-refractivity contribution in [2.45, 2.75) is 51.1 Å². The molecule has 3 saturated carbocycles. The molecule has 0 amide bonds. The highest BCUT2D eigenvalue weighted by Gasteiger charge is 2.53. The maximum absolute atomic E-state index is 13.3. The molecule has 1 nitrogen and oxygen atoms in total. The minimum atomic E-state index is -0.125. The Balaban J connectivity index is 1.45. The van der Waals surface area contributed by atoms with Crippen LogP contribution in [0.5, 0.6) is 0 Å². The van der Waals surface area contributed by atoms with E-state index in [2.05, 4.69) is 12.2 Å². The number of benzene rings is 1. The molecular weight excluding hydrogens is 249 g/mol. The molecular formula is C18H24FN. The minimum Gasteiger partial charge on any atom is -0.307 e. The van der Waals surface area contributed by atoms with Gasteiger partial charge in [-0.2, -0.15) is 0 Å². The monoisotopic (exact) mass is 273 g/mol. The summed E-state index contributed by atoms with van der Waals surface area (Å²) in [6.45, 7) is 2.17. The first kappa shape index (κ1) is 12.8. The fourth-order valence-corrected chi connectivity index (χ4v) is 5.45. The molecule has 1 N–H and O–H groups in total. The number of hydrogen-bond donors (Lipinski definition) is 1. The highest BCUT2D eigenvalue weighted by molar-refractivity contribution is 5.20. The third-order valence-electron chi connectivity index (χ3n) is 6.24. The van der Waals surface area contributed by atoms with Crippen molar-refractivity contribution in [3.63, 3.8) is 0 Å². The molecule has 1 aromatic rings. The summed E-state index contributed by atoms with van der Waals surface area (Å²) in [5.41, 5.74) is 1.08. The SMILES string of the molecule is CC(NC1CC2CC1C1CCCC21)c1cccc(F)c1. The molecule has 0 spiro atoms. The molecule has 3 aliphatic carbocycles. The minimum absolute atomic E-state index is 0.125. The summed E-state index contributed by atoms with van der Waals surface area (Å²) in [5, 5.41) is 3.80. The quantitative estimate of drug-likeness (QED) is 0.865. The molecule has 0 radical (unpaired) electrons. The molecule has 0 saturated heterocycles. The predicted molar refractivity (Wildman–Crippen MR) is 78.8 cm³/mol. The number of rotatable bonds is 3. The summed E-state index contributed by atoms with van der Waals surface area (Å²) >= 11 is 0. The van der Waals surface area contributed by atoms with E-state index in [4.69, 9.17) is 0 Å². The van der Waals surface area contributed by atoms with Crippen LogP contribution in [0, 0.1) is 29.5 Å². The van der Waals surface area contributed by atoms with Gasteiger partial charge in [0.15, 0.2) is 0 Å². The van der Waals surface area contributed by atoms with E-state index in [0.717, 1.165) is 29.2 Å². The van der Waals surface area contributed by atoms with Crippen LogP contribution in [0.2, 0.25) is 0 Å². The molecule has 2 bridgehead atoms. The molecule has 4 rings (SSSR count). The van der Waals surface area contributed by atoms with E-state index >= 15 is 0 Å². The highest BCUT2D eigenvalue weighted by atomic mass is 19.1. The van der Waals surface area contributed by atoms with E-state index in [1.165, 1.54) is 38.2 Å². The Bertz CT molecular complexity index is 500. The molecule has 6 unspecified atom stereocenters. The van der Waals surface area contributed by atoms with Gasteiger partial charge in [-0.3, -0.25) is 0 Å². The van der Waals surface area contributed by atoms with Crippen molar-refractivity contribution in [2.24, 2.45) is 23.7 Å². The maximum atomic E-state index is 13.3. The number of fused-ring (bicyclic) bond motifs is 5. The first-order valence-corrected chi connectivity index (χ1v) is 8.24. The second kappa shape index (κ2) is 4.84. The zero-order valence-electron chi connectivity index (χ0n) is 12.2. The van der Waals surface area contributed by atoms with Crippen molar-refractivity contribution in [3.05, 3.63) is 35.6 Å². The van der Waals surface area contributed by atoms with Gasteiger partial charge in [0.05, 0.1) is 0 Å². The highest BCUT2D eigenvalue weighted by Crippen LogP contribution is 2.58. The van der Waals surface area contributed by atoms with Crippen molar-refractivity contribution < 1.29 is 4.39 Å². The Morgan fingerprint density at radius 2 is 2.00 bits per heavy atom. The smallest absolute Gasteiger partial charge is 0.123 e. The molecule has 108 valence electrons. The Morgan fingerprint density at radius 1 is 1.15 bits per heavy atom. The molecule has 0 heterocycles. The topological polar surface area (TPSA) is 12.0 Å². The lowest BCUT2D eigenvalue weighted by molar-refractivity contribution is 0.200. The lowest BCUT2D eigenvalue weighted by atomic mass is 9.79. The van der Waals surface area contributed by atoms with Crippen LogP contribution in [0.3, 0.4) is 0 Å². The lowest BCUT2D eigenvalue weighted by Crippen LogP contribution is -2.40. The molecule has 0 aliphatic heterocycles. The van der Waals surface area contributed by atoms with Gasteiger partial charge >= 0.3 is 0 Å². The van der Waals surface area contributed by atoms with E-state index < -0.39 is 0 Å². The molecule has 6 atom stereocenters. The fourth-order valence-electron chi connectivity index (χ4n) is 5.45. The summed E-state index contributed by atoms with van der Waals surface area (Å²) in [4.78, 5) is 0. The molecule has 0 aromatic heterocycles. The Hall–Kier alpha value is -0.890. The van der Waals surface area contributed by atoms with E-state index in [-0.39, 0.29) is 11.9 Å². The van der Waals surface area contributed by atoms with Crippen LogP contribution in [0.1, 0.15) is 50.6 Å². The first-order chi connectivity index (χ1) is 9.72. The first-order valence-electron chi connectivity index (χ1n) is 8.24. The maximum Gasteiger partial charge on any atom is 0.123 e. The second-order valence-electron chi connectivity index (χ2n) is 7.20. The van der Waals surface area contributed by atoms with Crippen molar-refractivity contribution in [2.75, 3.05) is 0 Å². The van der Waals surface area contributed by atoms with Gasteiger partial charge < -0.3 is 5.32 Å². The average Bonchev–Trinajstić information content (AvgIpc) is 3.10. The summed E-state index contributed by atoms with van der Waals surface area (Å²) in [6, 6.07) is 7.97. The zero-order valence-corrected chi connectivity index (χ0v) is 12.2. The van der Waals surface area contributed by atoms with Gasteiger partial charge in [-0.05, 0) is 74.0 Å². The van der Waals surface area contributed by atoms with Crippen molar-refractivity contribution in [1.82, 2.24) is 5.32 Å². The third kappa shape index (κ3) is 2.00. The van der Waals surface area contributed by atoms with Gasteiger partial charge in [-0.15, -0.1) is 0 Å². The van der Waals surface area contributed by atoms with Crippen LogP contribution >= 0.6 is 0 Å². The zero-order chi connectivity index (χ0) is 13.7. The average molecular weight is 273 g/mol. The van der Waals surface area contributed by atoms with Crippen LogP contribution < -0.4 is 5.32 Å². The largest absolute Gasteiger partial charge is 0.307 e. The Labute approximate surface area is 121 Å². The summed E-state index contributed by atoms with van der Waals surface area (Å²) in [5.74, 6) is 3.78. The van der Waals surface area contributed by atoms with E-state index in [9.17, 15) is 4.39 Å². The van der Waals surface area contributed by atoms with Gasteiger partial charge in [-0.25, -0.2) is 4.39 Å². The van der Waals surface area contributed by atoms with Crippen LogP contribution in [-0.2, 0) is 0 Å². The van der Waals surface area contributed by atoms with Gasteiger partial charge in [-0.1, -0.05) is 18.6 Å². The van der Waals surface area contributed by atoms with Crippen LogP contribution in [-0.4, -0.2) is 6.04 Å². The van der Waals surface area contributed by atoms with E-state index in [1.54, 1.807) is 6.07 Å². The standard InChI is InChI=1S/C18H24FN/c1-11(12-4-2-5-14(19)8-12)20-18-10-13-9-17(18)16-7-3-6-15(13)16/h2,4-5,8,11,13,15-18,20H,3,6-7,9-10H2,1H3. The van der Waals surface area contributed by atoms with Gasteiger partial charge in [0.1, 0.15) is 5.82 Å². The molecule has 3 fully saturated rings. The van der Waals surface area contributed by atoms with E-state index in [0.29, 0.717) is 6.04 Å². The fraction of sp³-hybridized carbons (Fsp3) is 0.667. The number of hydrogen-bond acceptors (Lipinski definition) is 1. The Kier molecular flexibility index (Phi) is 3.10. The van der Waals surface area contributed by atoms with Crippen LogP contribution in [0.25, 0.3) is 0 Å². The molecule has 2 heteroatoms. The summed E-state index contributed by atoms with van der Waals surface area (Å²) < 4.78 is 13.3. The van der Waals surface area contributed by atoms with Gasteiger partial charge in [0.25, 0.3) is 0 Å². The van der Waals surface area contributed by atoms with Crippen LogP contribution in [0.15, 0.2) is 24.3 Å². The Morgan fingerprint density at radius 3 is 2.85 bits per heavy atom. The third-order valence-corrected chi connectivity index (χ3v) is 6.24. The number of nitrogens with one attached hydrogen (secondary N) is 1. The molecule has 3 aliphatic rings. The second-order valence-corrected chi connectivity index (χ2v) is 7.20. The van der Waals surface area contributed by atoms with Gasteiger partial charge in [0.2, 0.25) is 0 Å².